The maximum Gasteiger partial charge on any atom is 0.191 e. The van der Waals surface area contributed by atoms with Crippen LogP contribution in [0.25, 0.3) is 0 Å². The van der Waals surface area contributed by atoms with Crippen LogP contribution in [-0.4, -0.2) is 24.1 Å². The number of hydrogen-bond acceptors (Lipinski definition) is 4. The average molecular weight is 375 g/mol. The summed E-state index contributed by atoms with van der Waals surface area (Å²) in [5.41, 5.74) is 2.22. The summed E-state index contributed by atoms with van der Waals surface area (Å²) in [6.07, 6.45) is 0. The topological polar surface area (TPSA) is 58.5 Å². The van der Waals surface area contributed by atoms with Crippen LogP contribution in [0.15, 0.2) is 29.3 Å². The van der Waals surface area contributed by atoms with E-state index in [2.05, 4.69) is 48.5 Å². The third kappa shape index (κ3) is 6.67. The number of aliphatic imine (C=N–C) groups is 1. The van der Waals surface area contributed by atoms with Gasteiger partial charge in [0.15, 0.2) is 5.96 Å². The first-order chi connectivity index (χ1) is 12.5. The van der Waals surface area contributed by atoms with Gasteiger partial charge < -0.3 is 15.4 Å². The molecule has 0 aliphatic carbocycles. The molecule has 0 spiro atoms. The van der Waals surface area contributed by atoms with Gasteiger partial charge in [-0.15, -0.1) is 11.3 Å². The van der Waals surface area contributed by atoms with E-state index in [4.69, 9.17) is 9.73 Å². The van der Waals surface area contributed by atoms with Crippen molar-refractivity contribution < 1.29 is 4.74 Å². The van der Waals surface area contributed by atoms with Gasteiger partial charge in [0.2, 0.25) is 0 Å². The predicted octanol–water partition coefficient (Wildman–Crippen LogP) is 4.05. The van der Waals surface area contributed by atoms with Gasteiger partial charge in [-0.3, -0.25) is 0 Å². The molecule has 1 aromatic heterocycles. The van der Waals surface area contributed by atoms with Crippen LogP contribution in [0.1, 0.15) is 41.9 Å². The quantitative estimate of drug-likeness (QED) is 0.541. The second-order valence-electron chi connectivity index (χ2n) is 6.64. The van der Waals surface area contributed by atoms with Gasteiger partial charge >= 0.3 is 0 Å². The van der Waals surface area contributed by atoms with Crippen LogP contribution in [0.5, 0.6) is 5.75 Å². The zero-order valence-electron chi connectivity index (χ0n) is 16.4. The summed E-state index contributed by atoms with van der Waals surface area (Å²) < 4.78 is 5.80. The number of rotatable bonds is 8. The predicted molar refractivity (Wildman–Crippen MR) is 110 cm³/mol. The number of aryl methyl sites for hydroxylation is 2. The van der Waals surface area contributed by atoms with E-state index in [0.717, 1.165) is 47.7 Å². The third-order valence-electron chi connectivity index (χ3n) is 3.66. The minimum Gasteiger partial charge on any atom is -0.493 e. The van der Waals surface area contributed by atoms with Crippen molar-refractivity contribution in [2.45, 2.75) is 47.7 Å². The molecule has 2 aromatic rings. The zero-order chi connectivity index (χ0) is 18.9. The molecule has 0 fully saturated rings. The van der Waals surface area contributed by atoms with Gasteiger partial charge in [0, 0.05) is 11.4 Å². The molecular weight excluding hydrogens is 344 g/mol. The molecule has 0 bridgehead atoms. The Balaban J connectivity index is 1.97. The van der Waals surface area contributed by atoms with Crippen molar-refractivity contribution in [3.8, 4) is 5.75 Å². The van der Waals surface area contributed by atoms with Crippen molar-refractivity contribution in [2.24, 2.45) is 10.9 Å². The summed E-state index contributed by atoms with van der Waals surface area (Å²) in [5, 5.41) is 7.79. The fraction of sp³-hybridized carbons (Fsp3) is 0.500. The normalized spacial score (nSPS) is 11.7. The fourth-order valence-corrected chi connectivity index (χ4v) is 3.29. The Morgan fingerprint density at radius 3 is 2.73 bits per heavy atom. The van der Waals surface area contributed by atoms with Gasteiger partial charge in [0.1, 0.15) is 5.75 Å². The van der Waals surface area contributed by atoms with Crippen molar-refractivity contribution in [1.29, 1.82) is 0 Å². The smallest absolute Gasteiger partial charge is 0.191 e. The molecule has 26 heavy (non-hydrogen) atoms. The summed E-state index contributed by atoms with van der Waals surface area (Å²) in [6.45, 7) is 13.3. The minimum atomic E-state index is 0.514. The average Bonchev–Trinajstić information content (AvgIpc) is 2.93. The lowest BCUT2D eigenvalue weighted by atomic mass is 10.2. The van der Waals surface area contributed by atoms with E-state index in [-0.39, 0.29) is 0 Å². The van der Waals surface area contributed by atoms with Gasteiger partial charge in [-0.25, -0.2) is 9.98 Å². The van der Waals surface area contributed by atoms with Crippen molar-refractivity contribution >= 4 is 17.3 Å². The van der Waals surface area contributed by atoms with E-state index in [0.29, 0.717) is 12.5 Å². The van der Waals surface area contributed by atoms with E-state index in [1.807, 2.05) is 26.0 Å². The Labute approximate surface area is 160 Å². The summed E-state index contributed by atoms with van der Waals surface area (Å²) >= 11 is 1.73. The van der Waals surface area contributed by atoms with Crippen LogP contribution in [-0.2, 0) is 13.1 Å². The summed E-state index contributed by atoms with van der Waals surface area (Å²) in [5.74, 6) is 2.23. The Morgan fingerprint density at radius 1 is 1.27 bits per heavy atom. The fourth-order valence-electron chi connectivity index (χ4n) is 2.41. The molecule has 5 nitrogen and oxygen atoms in total. The number of hydrogen-bond donors (Lipinski definition) is 2. The summed E-state index contributed by atoms with van der Waals surface area (Å²) in [7, 11) is 0. The first kappa shape index (κ1) is 20.2. The Hall–Kier alpha value is -2.08. The Kier molecular flexibility index (Phi) is 7.91. The molecule has 2 rings (SSSR count). The van der Waals surface area contributed by atoms with Crippen molar-refractivity contribution in [2.75, 3.05) is 13.2 Å². The van der Waals surface area contributed by atoms with E-state index in [9.17, 15) is 0 Å². The van der Waals surface area contributed by atoms with Gasteiger partial charge in [-0.05, 0) is 44.4 Å². The standard InChI is InChI=1S/C20H30N4OS/c1-6-21-20(23-12-19-15(4)24-16(5)26-19)22-11-17-8-7-9-18(10-17)25-13-14(2)3/h7-10,14H,6,11-13H2,1-5H3,(H2,21,22,23). The lowest BCUT2D eigenvalue weighted by Crippen LogP contribution is -2.36. The number of nitrogens with one attached hydrogen (secondary N) is 2. The maximum atomic E-state index is 5.80. The molecule has 0 amide bonds. The van der Waals surface area contributed by atoms with E-state index >= 15 is 0 Å². The van der Waals surface area contributed by atoms with Gasteiger partial charge in [-0.2, -0.15) is 0 Å². The number of nitrogens with zero attached hydrogens (tertiary/aromatic N) is 2. The molecule has 6 heteroatoms. The molecule has 142 valence electrons. The highest BCUT2D eigenvalue weighted by Gasteiger charge is 2.06. The largest absolute Gasteiger partial charge is 0.493 e. The number of ether oxygens (including phenoxy) is 1. The molecule has 2 N–H and O–H groups in total. The van der Waals surface area contributed by atoms with Crippen LogP contribution < -0.4 is 15.4 Å². The van der Waals surface area contributed by atoms with Crippen LogP contribution >= 0.6 is 11.3 Å². The highest BCUT2D eigenvalue weighted by Crippen LogP contribution is 2.17. The van der Waals surface area contributed by atoms with E-state index in [1.54, 1.807) is 11.3 Å². The lowest BCUT2D eigenvalue weighted by molar-refractivity contribution is 0.271. The molecule has 0 saturated heterocycles. The summed E-state index contributed by atoms with van der Waals surface area (Å²) in [6, 6.07) is 8.15. The zero-order valence-corrected chi connectivity index (χ0v) is 17.2. The molecule has 0 saturated carbocycles. The SMILES string of the molecule is CCNC(=NCc1cccc(OCC(C)C)c1)NCc1sc(C)nc1C. The molecule has 0 aliphatic heterocycles. The molecule has 0 aliphatic rings. The van der Waals surface area contributed by atoms with Crippen LogP contribution in [0.4, 0.5) is 0 Å². The monoisotopic (exact) mass is 374 g/mol. The summed E-state index contributed by atoms with van der Waals surface area (Å²) in [4.78, 5) is 10.4. The van der Waals surface area contributed by atoms with Crippen LogP contribution in [0.2, 0.25) is 0 Å². The molecule has 0 radical (unpaired) electrons. The van der Waals surface area contributed by atoms with Crippen molar-refractivity contribution in [1.82, 2.24) is 15.6 Å². The van der Waals surface area contributed by atoms with Gasteiger partial charge in [0.25, 0.3) is 0 Å². The molecule has 0 unspecified atom stereocenters. The first-order valence-corrected chi connectivity index (χ1v) is 9.96. The molecule has 1 aromatic carbocycles. The first-order valence-electron chi connectivity index (χ1n) is 9.14. The van der Waals surface area contributed by atoms with E-state index < -0.39 is 0 Å². The highest BCUT2D eigenvalue weighted by molar-refractivity contribution is 7.11. The maximum absolute atomic E-state index is 5.80. The van der Waals surface area contributed by atoms with Crippen LogP contribution in [0.3, 0.4) is 0 Å². The molecular formula is C20H30N4OS. The Morgan fingerprint density at radius 2 is 2.08 bits per heavy atom. The van der Waals surface area contributed by atoms with Gasteiger partial charge in [0.05, 0.1) is 30.4 Å². The van der Waals surface area contributed by atoms with Gasteiger partial charge in [-0.1, -0.05) is 26.0 Å². The number of thiazole rings is 1. The second kappa shape index (κ2) is 10.2. The second-order valence-corrected chi connectivity index (χ2v) is 7.93. The third-order valence-corrected chi connectivity index (χ3v) is 4.73. The minimum absolute atomic E-state index is 0.514. The molecule has 0 atom stereocenters. The van der Waals surface area contributed by atoms with Crippen LogP contribution in [0, 0.1) is 19.8 Å². The lowest BCUT2D eigenvalue weighted by Gasteiger charge is -2.12. The molecule has 1 heterocycles. The van der Waals surface area contributed by atoms with Crippen molar-refractivity contribution in [3.63, 3.8) is 0 Å². The van der Waals surface area contributed by atoms with Crippen molar-refractivity contribution in [3.05, 3.63) is 45.4 Å². The number of guanidine groups is 1. The number of benzene rings is 1. The van der Waals surface area contributed by atoms with E-state index in [1.165, 1.54) is 4.88 Å². The highest BCUT2D eigenvalue weighted by atomic mass is 32.1. The number of aromatic nitrogens is 1. The Bertz CT molecular complexity index is 724.